The van der Waals surface area contributed by atoms with Gasteiger partial charge in [-0.25, -0.2) is 9.97 Å². The standard InChI is InChI=1S/C20H17F3N4O/c1-12-5-3-7-15(9-12)27-19(28)17-11-18(25-13(2)24-17)26-16-8-4-6-14(10-16)20(21,22)23/h3-11H,1-2H3,(H,27,28)(H,24,25,26). The highest BCUT2D eigenvalue weighted by Gasteiger charge is 2.30. The summed E-state index contributed by atoms with van der Waals surface area (Å²) in [5.41, 5.74) is 1.14. The number of carbonyl (C=O) groups excluding carboxylic acids is 1. The Labute approximate surface area is 159 Å². The molecular formula is C20H17F3N4O. The number of hydrogen-bond acceptors (Lipinski definition) is 4. The molecule has 0 saturated heterocycles. The van der Waals surface area contributed by atoms with Crippen molar-refractivity contribution < 1.29 is 18.0 Å². The van der Waals surface area contributed by atoms with Crippen LogP contribution >= 0.6 is 0 Å². The Morgan fingerprint density at radius 1 is 0.929 bits per heavy atom. The largest absolute Gasteiger partial charge is 0.416 e. The summed E-state index contributed by atoms with van der Waals surface area (Å²) in [6, 6.07) is 13.4. The van der Waals surface area contributed by atoms with Crippen LogP contribution in [0.25, 0.3) is 0 Å². The van der Waals surface area contributed by atoms with E-state index in [0.717, 1.165) is 17.7 Å². The van der Waals surface area contributed by atoms with Crippen molar-refractivity contribution >= 4 is 23.1 Å². The van der Waals surface area contributed by atoms with E-state index in [1.807, 2.05) is 25.1 Å². The first-order chi connectivity index (χ1) is 13.2. The number of hydrogen-bond donors (Lipinski definition) is 2. The third-order valence-corrected chi connectivity index (χ3v) is 3.81. The normalized spacial score (nSPS) is 11.2. The number of alkyl halides is 3. The van der Waals surface area contributed by atoms with E-state index in [0.29, 0.717) is 11.5 Å². The number of benzene rings is 2. The average Bonchev–Trinajstić information content (AvgIpc) is 2.61. The Morgan fingerprint density at radius 3 is 2.36 bits per heavy atom. The van der Waals surface area contributed by atoms with Gasteiger partial charge >= 0.3 is 6.18 Å². The zero-order chi connectivity index (χ0) is 20.3. The van der Waals surface area contributed by atoms with Crippen LogP contribution in [0.2, 0.25) is 0 Å². The summed E-state index contributed by atoms with van der Waals surface area (Å²) in [4.78, 5) is 20.7. The maximum atomic E-state index is 12.9. The summed E-state index contributed by atoms with van der Waals surface area (Å²) < 4.78 is 38.6. The predicted molar refractivity (Wildman–Crippen MR) is 101 cm³/mol. The molecule has 0 bridgehead atoms. The van der Waals surface area contributed by atoms with Crippen LogP contribution in [-0.2, 0) is 6.18 Å². The van der Waals surface area contributed by atoms with Crippen LogP contribution in [0.1, 0.15) is 27.4 Å². The first-order valence-corrected chi connectivity index (χ1v) is 8.39. The van der Waals surface area contributed by atoms with Gasteiger partial charge in [0.15, 0.2) is 0 Å². The molecule has 0 atom stereocenters. The molecule has 0 aliphatic heterocycles. The quantitative estimate of drug-likeness (QED) is 0.654. The SMILES string of the molecule is Cc1cccc(NC(=O)c2cc(Nc3cccc(C(F)(F)F)c3)nc(C)n2)c1. The number of anilines is 3. The van der Waals surface area contributed by atoms with Crippen molar-refractivity contribution in [2.75, 3.05) is 10.6 Å². The van der Waals surface area contributed by atoms with Gasteiger partial charge < -0.3 is 10.6 Å². The van der Waals surface area contributed by atoms with Crippen molar-refractivity contribution in [3.63, 3.8) is 0 Å². The number of aryl methyl sites for hydroxylation is 2. The van der Waals surface area contributed by atoms with Crippen molar-refractivity contribution in [1.82, 2.24) is 9.97 Å². The molecule has 3 rings (SSSR count). The van der Waals surface area contributed by atoms with Gasteiger partial charge in [-0.05, 0) is 49.7 Å². The van der Waals surface area contributed by atoms with Crippen LogP contribution in [-0.4, -0.2) is 15.9 Å². The maximum absolute atomic E-state index is 12.9. The Morgan fingerprint density at radius 2 is 1.64 bits per heavy atom. The lowest BCUT2D eigenvalue weighted by Gasteiger charge is -2.11. The Hall–Kier alpha value is -3.42. The van der Waals surface area contributed by atoms with Crippen LogP contribution in [0, 0.1) is 13.8 Å². The summed E-state index contributed by atoms with van der Waals surface area (Å²) in [5, 5.41) is 5.53. The van der Waals surface area contributed by atoms with Gasteiger partial charge in [-0.3, -0.25) is 4.79 Å². The van der Waals surface area contributed by atoms with Crippen LogP contribution < -0.4 is 10.6 Å². The third-order valence-electron chi connectivity index (χ3n) is 3.81. The Kier molecular flexibility index (Phi) is 5.30. The summed E-state index contributed by atoms with van der Waals surface area (Å²) in [6.07, 6.45) is -4.45. The molecule has 3 aromatic rings. The van der Waals surface area contributed by atoms with E-state index in [9.17, 15) is 18.0 Å². The van der Waals surface area contributed by atoms with Crippen molar-refractivity contribution in [3.8, 4) is 0 Å². The average molecular weight is 386 g/mol. The molecule has 144 valence electrons. The minimum atomic E-state index is -4.45. The van der Waals surface area contributed by atoms with E-state index in [2.05, 4.69) is 20.6 Å². The zero-order valence-electron chi connectivity index (χ0n) is 15.1. The fraction of sp³-hybridized carbons (Fsp3) is 0.150. The number of amides is 1. The molecule has 2 N–H and O–H groups in total. The summed E-state index contributed by atoms with van der Waals surface area (Å²) in [5.74, 6) is 0.0933. The van der Waals surface area contributed by atoms with Crippen LogP contribution in [0.5, 0.6) is 0 Å². The van der Waals surface area contributed by atoms with Gasteiger partial charge in [0.1, 0.15) is 17.3 Å². The molecule has 0 fully saturated rings. The van der Waals surface area contributed by atoms with E-state index < -0.39 is 17.6 Å². The number of halogens is 3. The van der Waals surface area contributed by atoms with Gasteiger partial charge in [-0.1, -0.05) is 18.2 Å². The van der Waals surface area contributed by atoms with E-state index in [1.165, 1.54) is 18.2 Å². The predicted octanol–water partition coefficient (Wildman–Crippen LogP) is 5.11. The minimum absolute atomic E-state index is 0.100. The fourth-order valence-electron chi connectivity index (χ4n) is 2.59. The van der Waals surface area contributed by atoms with E-state index in [4.69, 9.17) is 0 Å². The van der Waals surface area contributed by atoms with Crippen LogP contribution in [0.4, 0.5) is 30.4 Å². The highest BCUT2D eigenvalue weighted by Crippen LogP contribution is 2.31. The Balaban J connectivity index is 1.83. The molecular weight excluding hydrogens is 369 g/mol. The number of nitrogens with zero attached hydrogens (tertiary/aromatic N) is 2. The molecule has 0 aliphatic rings. The molecule has 1 amide bonds. The third kappa shape index (κ3) is 4.85. The maximum Gasteiger partial charge on any atom is 0.416 e. The minimum Gasteiger partial charge on any atom is -0.340 e. The Bertz CT molecular complexity index is 1020. The van der Waals surface area contributed by atoms with Crippen molar-refractivity contribution in [1.29, 1.82) is 0 Å². The van der Waals surface area contributed by atoms with Crippen LogP contribution in [0.15, 0.2) is 54.6 Å². The highest BCUT2D eigenvalue weighted by atomic mass is 19.4. The second kappa shape index (κ2) is 7.67. The molecule has 0 radical (unpaired) electrons. The van der Waals surface area contributed by atoms with E-state index >= 15 is 0 Å². The molecule has 1 heterocycles. The first-order valence-electron chi connectivity index (χ1n) is 8.39. The summed E-state index contributed by atoms with van der Waals surface area (Å²) in [6.45, 7) is 3.50. The lowest BCUT2D eigenvalue weighted by atomic mass is 10.2. The van der Waals surface area contributed by atoms with Crippen molar-refractivity contribution in [3.05, 3.63) is 77.2 Å². The molecule has 28 heavy (non-hydrogen) atoms. The highest BCUT2D eigenvalue weighted by molar-refractivity contribution is 6.03. The topological polar surface area (TPSA) is 66.9 Å². The molecule has 2 aromatic carbocycles. The molecule has 0 aliphatic carbocycles. The first kappa shape index (κ1) is 19.3. The lowest BCUT2D eigenvalue weighted by molar-refractivity contribution is -0.137. The second-order valence-electron chi connectivity index (χ2n) is 6.21. The van der Waals surface area contributed by atoms with Gasteiger partial charge in [0.05, 0.1) is 5.56 Å². The fourth-order valence-corrected chi connectivity index (χ4v) is 2.59. The summed E-state index contributed by atoms with van der Waals surface area (Å²) >= 11 is 0. The van der Waals surface area contributed by atoms with Gasteiger partial charge in [0.2, 0.25) is 0 Å². The number of aromatic nitrogens is 2. The van der Waals surface area contributed by atoms with Crippen LogP contribution in [0.3, 0.4) is 0 Å². The lowest BCUT2D eigenvalue weighted by Crippen LogP contribution is -2.15. The van der Waals surface area contributed by atoms with E-state index in [1.54, 1.807) is 13.0 Å². The number of carbonyl (C=O) groups is 1. The number of rotatable bonds is 4. The monoisotopic (exact) mass is 386 g/mol. The molecule has 5 nitrogen and oxygen atoms in total. The van der Waals surface area contributed by atoms with Crippen molar-refractivity contribution in [2.45, 2.75) is 20.0 Å². The molecule has 8 heteroatoms. The van der Waals surface area contributed by atoms with Gasteiger partial charge in [0, 0.05) is 17.4 Å². The zero-order valence-corrected chi connectivity index (χ0v) is 15.1. The van der Waals surface area contributed by atoms with Gasteiger partial charge in [-0.15, -0.1) is 0 Å². The van der Waals surface area contributed by atoms with Gasteiger partial charge in [-0.2, -0.15) is 13.2 Å². The van der Waals surface area contributed by atoms with Gasteiger partial charge in [0.25, 0.3) is 5.91 Å². The summed E-state index contributed by atoms with van der Waals surface area (Å²) in [7, 11) is 0. The molecule has 0 saturated carbocycles. The molecule has 0 unspecified atom stereocenters. The smallest absolute Gasteiger partial charge is 0.340 e. The molecule has 0 spiro atoms. The van der Waals surface area contributed by atoms with E-state index in [-0.39, 0.29) is 17.2 Å². The second-order valence-corrected chi connectivity index (χ2v) is 6.21. The number of nitrogens with one attached hydrogen (secondary N) is 2. The molecule has 1 aromatic heterocycles. The van der Waals surface area contributed by atoms with Crippen molar-refractivity contribution in [2.24, 2.45) is 0 Å².